The highest BCUT2D eigenvalue weighted by Gasteiger charge is 2.12. The average Bonchev–Trinajstić information content (AvgIpc) is 2.76. The Hall–Kier alpha value is -1.13. The first-order valence-corrected chi connectivity index (χ1v) is 7.13. The van der Waals surface area contributed by atoms with E-state index in [1.165, 1.54) is 11.3 Å². The van der Waals surface area contributed by atoms with Crippen LogP contribution in [-0.2, 0) is 6.42 Å². The summed E-state index contributed by atoms with van der Waals surface area (Å²) in [5.41, 5.74) is 0.905. The van der Waals surface area contributed by atoms with Crippen molar-refractivity contribution >= 4 is 33.0 Å². The van der Waals surface area contributed by atoms with Gasteiger partial charge in [-0.25, -0.2) is 0 Å². The maximum Gasteiger partial charge on any atom is 0.177 e. The van der Waals surface area contributed by atoms with Gasteiger partial charge in [0.25, 0.3) is 0 Å². The Kier molecular flexibility index (Phi) is 4.19. The van der Waals surface area contributed by atoms with Gasteiger partial charge in [0.2, 0.25) is 0 Å². The number of carbonyl (C=O) groups excluding carboxylic acids is 1. The number of rotatable bonds is 4. The molecule has 2 rings (SSSR count). The van der Waals surface area contributed by atoms with Gasteiger partial charge in [-0.2, -0.15) is 0 Å². The van der Waals surface area contributed by atoms with Gasteiger partial charge in [-0.1, -0.05) is 15.9 Å². The number of hydrogen-bond donors (Lipinski definition) is 0. The van der Waals surface area contributed by atoms with Crippen molar-refractivity contribution in [2.24, 2.45) is 0 Å². The van der Waals surface area contributed by atoms with E-state index in [2.05, 4.69) is 15.9 Å². The van der Waals surface area contributed by atoms with E-state index in [0.29, 0.717) is 6.42 Å². The van der Waals surface area contributed by atoms with E-state index in [9.17, 15) is 4.79 Å². The summed E-state index contributed by atoms with van der Waals surface area (Å²) in [6.07, 6.45) is 0.364. The fraction of sp³-hybridized carbons (Fsp3) is 0.214. The smallest absolute Gasteiger partial charge is 0.177 e. The molecule has 2 nitrogen and oxygen atoms in total. The van der Waals surface area contributed by atoms with Crippen LogP contribution in [0.25, 0.3) is 0 Å². The number of Topliss-reactive ketones (excluding diaryl/α,β-unsaturated/α-hetero) is 1. The molecule has 0 fully saturated rings. The van der Waals surface area contributed by atoms with Crippen molar-refractivity contribution in [1.82, 2.24) is 0 Å². The maximum atomic E-state index is 12.1. The number of hydrogen-bond acceptors (Lipinski definition) is 3. The number of thiophene rings is 1. The standard InChI is InChI=1S/C14H13BrO2S/c1-9-3-6-14(18-9)12(16)8-10-7-11(15)4-5-13(10)17-2/h3-7H,8H2,1-2H3. The lowest BCUT2D eigenvalue weighted by Gasteiger charge is -2.07. The normalized spacial score (nSPS) is 10.4. The fourth-order valence-electron chi connectivity index (χ4n) is 1.73. The van der Waals surface area contributed by atoms with Gasteiger partial charge in [-0.3, -0.25) is 4.79 Å². The summed E-state index contributed by atoms with van der Waals surface area (Å²) in [6.45, 7) is 2.00. The topological polar surface area (TPSA) is 26.3 Å². The van der Waals surface area contributed by atoms with Crippen molar-refractivity contribution in [2.45, 2.75) is 13.3 Å². The molecular weight excluding hydrogens is 312 g/mol. The van der Waals surface area contributed by atoms with E-state index in [-0.39, 0.29) is 5.78 Å². The molecule has 0 saturated heterocycles. The van der Waals surface area contributed by atoms with E-state index in [1.807, 2.05) is 37.3 Å². The zero-order valence-corrected chi connectivity index (χ0v) is 12.6. The van der Waals surface area contributed by atoms with Crippen LogP contribution in [-0.4, -0.2) is 12.9 Å². The molecule has 0 aliphatic carbocycles. The minimum Gasteiger partial charge on any atom is -0.496 e. The summed E-state index contributed by atoms with van der Waals surface area (Å²) in [5.74, 6) is 0.879. The predicted octanol–water partition coefficient (Wildman–Crippen LogP) is 4.25. The maximum absolute atomic E-state index is 12.1. The first-order chi connectivity index (χ1) is 8.60. The second-order valence-electron chi connectivity index (χ2n) is 3.97. The number of aryl methyl sites for hydroxylation is 1. The highest BCUT2D eigenvalue weighted by Crippen LogP contribution is 2.25. The average molecular weight is 325 g/mol. The van der Waals surface area contributed by atoms with Gasteiger partial charge in [0, 0.05) is 21.3 Å². The van der Waals surface area contributed by atoms with Crippen LogP contribution in [0.15, 0.2) is 34.8 Å². The molecule has 18 heavy (non-hydrogen) atoms. The lowest BCUT2D eigenvalue weighted by atomic mass is 10.1. The number of methoxy groups -OCH3 is 1. The molecule has 0 radical (unpaired) electrons. The Morgan fingerprint density at radius 1 is 1.33 bits per heavy atom. The van der Waals surface area contributed by atoms with Crippen molar-refractivity contribution in [2.75, 3.05) is 7.11 Å². The Balaban J connectivity index is 2.23. The van der Waals surface area contributed by atoms with Crippen molar-refractivity contribution in [3.05, 3.63) is 50.1 Å². The molecular formula is C14H13BrO2S. The largest absolute Gasteiger partial charge is 0.496 e. The molecule has 0 atom stereocenters. The summed E-state index contributed by atoms with van der Waals surface area (Å²) in [6, 6.07) is 9.55. The van der Waals surface area contributed by atoms with Gasteiger partial charge in [-0.05, 0) is 37.3 Å². The van der Waals surface area contributed by atoms with Gasteiger partial charge < -0.3 is 4.74 Å². The lowest BCUT2D eigenvalue weighted by molar-refractivity contribution is 0.0996. The van der Waals surface area contributed by atoms with Crippen molar-refractivity contribution < 1.29 is 9.53 Å². The highest BCUT2D eigenvalue weighted by molar-refractivity contribution is 9.10. The molecule has 4 heteroatoms. The third-order valence-corrected chi connectivity index (χ3v) is 4.14. The zero-order valence-electron chi connectivity index (χ0n) is 10.2. The molecule has 0 unspecified atom stereocenters. The molecule has 0 saturated carbocycles. The number of ketones is 1. The minimum atomic E-state index is 0.129. The van der Waals surface area contributed by atoms with Crippen LogP contribution in [0.1, 0.15) is 20.1 Å². The van der Waals surface area contributed by atoms with Crippen LogP contribution in [0.3, 0.4) is 0 Å². The number of ether oxygens (including phenoxy) is 1. The van der Waals surface area contributed by atoms with E-state index in [1.54, 1.807) is 7.11 Å². The molecule has 0 bridgehead atoms. The Bertz CT molecular complexity index is 575. The molecule has 0 aliphatic heterocycles. The Morgan fingerprint density at radius 2 is 2.11 bits per heavy atom. The number of benzene rings is 1. The van der Waals surface area contributed by atoms with Crippen molar-refractivity contribution in [3.63, 3.8) is 0 Å². The molecule has 0 amide bonds. The Morgan fingerprint density at radius 3 is 2.72 bits per heavy atom. The molecule has 1 aromatic heterocycles. The van der Waals surface area contributed by atoms with Crippen LogP contribution in [0.5, 0.6) is 5.75 Å². The summed E-state index contributed by atoms with van der Waals surface area (Å²) in [5, 5.41) is 0. The van der Waals surface area contributed by atoms with Gasteiger partial charge in [-0.15, -0.1) is 11.3 Å². The molecule has 0 aliphatic rings. The quantitative estimate of drug-likeness (QED) is 0.786. The van der Waals surface area contributed by atoms with Crippen molar-refractivity contribution in [3.8, 4) is 5.75 Å². The summed E-state index contributed by atoms with van der Waals surface area (Å²) in [7, 11) is 1.62. The van der Waals surface area contributed by atoms with E-state index < -0.39 is 0 Å². The molecule has 0 N–H and O–H groups in total. The van der Waals surface area contributed by atoms with Gasteiger partial charge in [0.05, 0.1) is 12.0 Å². The summed E-state index contributed by atoms with van der Waals surface area (Å²) < 4.78 is 6.22. The highest BCUT2D eigenvalue weighted by atomic mass is 79.9. The van der Waals surface area contributed by atoms with E-state index in [4.69, 9.17) is 4.74 Å². The van der Waals surface area contributed by atoms with Gasteiger partial charge in [0.1, 0.15) is 5.75 Å². The predicted molar refractivity (Wildman–Crippen MR) is 77.8 cm³/mol. The van der Waals surface area contributed by atoms with Crippen LogP contribution in [0.2, 0.25) is 0 Å². The van der Waals surface area contributed by atoms with Gasteiger partial charge in [0.15, 0.2) is 5.78 Å². The summed E-state index contributed by atoms with van der Waals surface area (Å²) in [4.78, 5) is 14.1. The summed E-state index contributed by atoms with van der Waals surface area (Å²) >= 11 is 4.94. The number of halogens is 1. The van der Waals surface area contributed by atoms with E-state index >= 15 is 0 Å². The third kappa shape index (κ3) is 3.00. The second kappa shape index (κ2) is 5.67. The van der Waals surface area contributed by atoms with Crippen LogP contribution >= 0.6 is 27.3 Å². The molecule has 1 heterocycles. The fourth-order valence-corrected chi connectivity index (χ4v) is 2.94. The van der Waals surface area contributed by atoms with Crippen LogP contribution < -0.4 is 4.74 Å². The molecule has 94 valence electrons. The molecule has 1 aromatic carbocycles. The van der Waals surface area contributed by atoms with Gasteiger partial charge >= 0.3 is 0 Å². The van der Waals surface area contributed by atoms with E-state index in [0.717, 1.165) is 25.5 Å². The molecule has 2 aromatic rings. The lowest BCUT2D eigenvalue weighted by Crippen LogP contribution is -2.03. The van der Waals surface area contributed by atoms with Crippen molar-refractivity contribution in [1.29, 1.82) is 0 Å². The first kappa shape index (κ1) is 13.3. The SMILES string of the molecule is COc1ccc(Br)cc1CC(=O)c1ccc(C)s1. The third-order valence-electron chi connectivity index (χ3n) is 2.61. The molecule has 0 spiro atoms. The zero-order chi connectivity index (χ0) is 13.1. The van der Waals surface area contributed by atoms with Crippen LogP contribution in [0, 0.1) is 6.92 Å². The number of carbonyl (C=O) groups is 1. The minimum absolute atomic E-state index is 0.129. The van der Waals surface area contributed by atoms with Crippen LogP contribution in [0.4, 0.5) is 0 Å². The monoisotopic (exact) mass is 324 g/mol. The first-order valence-electron chi connectivity index (χ1n) is 5.52. The Labute approximate surface area is 119 Å². The second-order valence-corrected chi connectivity index (χ2v) is 6.17.